The van der Waals surface area contributed by atoms with Crippen LogP contribution in [0.15, 0.2) is 35.2 Å². The predicted molar refractivity (Wildman–Crippen MR) is 70.7 cm³/mol. The highest BCUT2D eigenvalue weighted by Gasteiger charge is 1.92. The topological polar surface area (TPSA) is 68.9 Å². The summed E-state index contributed by atoms with van der Waals surface area (Å²) in [7, 11) is 0. The SMILES string of the molecule is Cc1cc(Br)cnc1N.O=Cc1cncc(F)c1. The Kier molecular flexibility index (Phi) is 5.38. The lowest BCUT2D eigenvalue weighted by atomic mass is 10.3. The lowest BCUT2D eigenvalue weighted by Crippen LogP contribution is -1.91. The monoisotopic (exact) mass is 311 g/mol. The van der Waals surface area contributed by atoms with Crippen molar-refractivity contribution >= 4 is 28.0 Å². The number of nitrogen functional groups attached to an aromatic ring is 1. The van der Waals surface area contributed by atoms with Crippen molar-refractivity contribution in [2.75, 3.05) is 5.73 Å². The number of rotatable bonds is 1. The van der Waals surface area contributed by atoms with Crippen LogP contribution in [-0.2, 0) is 0 Å². The standard InChI is InChI=1S/C6H7BrN2.C6H4FNO/c1-4-2-5(7)3-9-6(4)8;7-6-1-5(4-9)2-8-3-6/h2-3H,1H3,(H2,8,9);1-4H. The van der Waals surface area contributed by atoms with Crippen molar-refractivity contribution < 1.29 is 9.18 Å². The van der Waals surface area contributed by atoms with Gasteiger partial charge >= 0.3 is 0 Å². The van der Waals surface area contributed by atoms with Crippen LogP contribution in [-0.4, -0.2) is 16.3 Å². The molecular formula is C12H11BrFN3O. The van der Waals surface area contributed by atoms with Gasteiger partial charge in [-0.05, 0) is 40.5 Å². The van der Waals surface area contributed by atoms with Crippen molar-refractivity contribution in [2.24, 2.45) is 0 Å². The minimum atomic E-state index is -0.486. The molecule has 0 amide bonds. The van der Waals surface area contributed by atoms with E-state index in [1.54, 1.807) is 6.20 Å². The Hall–Kier alpha value is -1.82. The van der Waals surface area contributed by atoms with E-state index in [1.807, 2.05) is 13.0 Å². The van der Waals surface area contributed by atoms with E-state index in [4.69, 9.17) is 5.73 Å². The highest BCUT2D eigenvalue weighted by molar-refractivity contribution is 9.10. The van der Waals surface area contributed by atoms with Gasteiger partial charge < -0.3 is 5.73 Å². The number of carbonyl (C=O) groups excluding carboxylic acids is 1. The van der Waals surface area contributed by atoms with Gasteiger partial charge in [-0.3, -0.25) is 9.78 Å². The fourth-order valence-corrected chi connectivity index (χ4v) is 1.49. The van der Waals surface area contributed by atoms with Gasteiger partial charge in [0.25, 0.3) is 0 Å². The van der Waals surface area contributed by atoms with Crippen LogP contribution in [0.3, 0.4) is 0 Å². The van der Waals surface area contributed by atoms with Crippen molar-refractivity contribution in [2.45, 2.75) is 6.92 Å². The molecule has 18 heavy (non-hydrogen) atoms. The molecule has 0 saturated heterocycles. The van der Waals surface area contributed by atoms with Crippen LogP contribution in [0.4, 0.5) is 10.2 Å². The molecule has 0 atom stereocenters. The minimum absolute atomic E-state index is 0.259. The molecule has 6 heteroatoms. The zero-order valence-electron chi connectivity index (χ0n) is 9.60. The number of nitrogens with two attached hydrogens (primary N) is 1. The van der Waals surface area contributed by atoms with E-state index in [2.05, 4.69) is 25.9 Å². The van der Waals surface area contributed by atoms with Gasteiger partial charge in [0.15, 0.2) is 6.29 Å². The second-order valence-corrected chi connectivity index (χ2v) is 4.33. The maximum absolute atomic E-state index is 12.1. The van der Waals surface area contributed by atoms with Crippen molar-refractivity contribution in [3.05, 3.63) is 52.1 Å². The molecule has 0 fully saturated rings. The number of pyridine rings is 2. The van der Waals surface area contributed by atoms with E-state index in [-0.39, 0.29) is 5.56 Å². The molecule has 0 radical (unpaired) electrons. The molecule has 0 aliphatic carbocycles. The molecule has 2 N–H and O–H groups in total. The van der Waals surface area contributed by atoms with Gasteiger partial charge in [-0.2, -0.15) is 0 Å². The number of halogens is 2. The zero-order chi connectivity index (χ0) is 13.5. The van der Waals surface area contributed by atoms with Gasteiger partial charge in [-0.15, -0.1) is 0 Å². The highest BCUT2D eigenvalue weighted by Crippen LogP contribution is 2.13. The third-order valence-electron chi connectivity index (χ3n) is 1.95. The lowest BCUT2D eigenvalue weighted by Gasteiger charge is -1.96. The maximum Gasteiger partial charge on any atom is 0.151 e. The molecule has 0 bridgehead atoms. The summed E-state index contributed by atoms with van der Waals surface area (Å²) in [5.74, 6) is 0.109. The van der Waals surface area contributed by atoms with Gasteiger partial charge in [-0.1, -0.05) is 0 Å². The molecule has 2 aromatic heterocycles. The molecule has 0 aliphatic heterocycles. The van der Waals surface area contributed by atoms with E-state index in [9.17, 15) is 9.18 Å². The van der Waals surface area contributed by atoms with Crippen LogP contribution < -0.4 is 5.73 Å². The average molecular weight is 312 g/mol. The summed E-state index contributed by atoms with van der Waals surface area (Å²) >= 11 is 3.28. The molecule has 94 valence electrons. The Labute approximate surface area is 112 Å². The van der Waals surface area contributed by atoms with Gasteiger partial charge in [0.2, 0.25) is 0 Å². The van der Waals surface area contributed by atoms with Crippen molar-refractivity contribution in [3.63, 3.8) is 0 Å². The van der Waals surface area contributed by atoms with Crippen molar-refractivity contribution in [1.29, 1.82) is 0 Å². The van der Waals surface area contributed by atoms with E-state index >= 15 is 0 Å². The van der Waals surface area contributed by atoms with E-state index in [0.29, 0.717) is 12.1 Å². The normalized spacial score (nSPS) is 9.28. The summed E-state index contributed by atoms with van der Waals surface area (Å²) in [5, 5.41) is 0. The molecule has 2 heterocycles. The highest BCUT2D eigenvalue weighted by atomic mass is 79.9. The first kappa shape index (κ1) is 14.2. The minimum Gasteiger partial charge on any atom is -0.383 e. The first-order chi connectivity index (χ1) is 8.52. The Morgan fingerprint density at radius 2 is 2.06 bits per heavy atom. The van der Waals surface area contributed by atoms with E-state index in [0.717, 1.165) is 22.3 Å². The van der Waals surface area contributed by atoms with Crippen molar-refractivity contribution in [1.82, 2.24) is 9.97 Å². The Morgan fingerprint density at radius 3 is 2.50 bits per heavy atom. The molecule has 2 rings (SSSR count). The van der Waals surface area contributed by atoms with Crippen LogP contribution in [0.1, 0.15) is 15.9 Å². The number of aldehydes is 1. The summed E-state index contributed by atoms with van der Waals surface area (Å²) in [5.41, 5.74) is 6.72. The zero-order valence-corrected chi connectivity index (χ0v) is 11.2. The van der Waals surface area contributed by atoms with Gasteiger partial charge in [-0.25, -0.2) is 9.37 Å². The third-order valence-corrected chi connectivity index (χ3v) is 2.38. The first-order valence-corrected chi connectivity index (χ1v) is 5.75. The van der Waals surface area contributed by atoms with E-state index < -0.39 is 5.82 Å². The van der Waals surface area contributed by atoms with Gasteiger partial charge in [0.05, 0.1) is 6.20 Å². The van der Waals surface area contributed by atoms with Gasteiger partial charge in [0, 0.05) is 22.4 Å². The summed E-state index contributed by atoms with van der Waals surface area (Å²) in [6.45, 7) is 1.92. The van der Waals surface area contributed by atoms with Crippen LogP contribution in [0.25, 0.3) is 0 Å². The van der Waals surface area contributed by atoms with Crippen LogP contribution in [0.2, 0.25) is 0 Å². The largest absolute Gasteiger partial charge is 0.383 e. The second kappa shape index (κ2) is 6.80. The quantitative estimate of drug-likeness (QED) is 0.822. The summed E-state index contributed by atoms with van der Waals surface area (Å²) in [6.07, 6.45) is 4.58. The maximum atomic E-state index is 12.1. The lowest BCUT2D eigenvalue weighted by molar-refractivity contribution is 0.112. The number of nitrogens with zero attached hydrogens (tertiary/aromatic N) is 2. The molecule has 4 nitrogen and oxygen atoms in total. The number of hydrogen-bond acceptors (Lipinski definition) is 4. The molecule has 0 spiro atoms. The fourth-order valence-electron chi connectivity index (χ4n) is 1.04. The molecule has 0 saturated carbocycles. The van der Waals surface area contributed by atoms with Crippen LogP contribution in [0.5, 0.6) is 0 Å². The molecular weight excluding hydrogens is 301 g/mol. The average Bonchev–Trinajstić information content (AvgIpc) is 2.35. The molecule has 0 aliphatic rings. The molecule has 0 unspecified atom stereocenters. The number of aromatic nitrogens is 2. The second-order valence-electron chi connectivity index (χ2n) is 3.41. The first-order valence-electron chi connectivity index (χ1n) is 4.96. The van der Waals surface area contributed by atoms with Crippen molar-refractivity contribution in [3.8, 4) is 0 Å². The number of anilines is 1. The summed E-state index contributed by atoms with van der Waals surface area (Å²) in [4.78, 5) is 17.3. The number of carbonyl (C=O) groups is 1. The molecule has 0 aromatic carbocycles. The predicted octanol–water partition coefficient (Wildman–Crippen LogP) is 2.77. The number of aryl methyl sites for hydroxylation is 1. The fraction of sp³-hybridized carbons (Fsp3) is 0.0833. The third kappa shape index (κ3) is 4.58. The summed E-state index contributed by atoms with van der Waals surface area (Å²) < 4.78 is 13.1. The number of hydrogen-bond donors (Lipinski definition) is 1. The van der Waals surface area contributed by atoms with Crippen LogP contribution in [0, 0.1) is 12.7 Å². The van der Waals surface area contributed by atoms with E-state index in [1.165, 1.54) is 6.20 Å². The summed E-state index contributed by atoms with van der Waals surface area (Å²) in [6, 6.07) is 3.06. The molecule has 2 aromatic rings. The Bertz CT molecular complexity index is 549. The Balaban J connectivity index is 0.000000180. The smallest absolute Gasteiger partial charge is 0.151 e. The van der Waals surface area contributed by atoms with Crippen LogP contribution >= 0.6 is 15.9 Å². The Morgan fingerprint density at radius 1 is 1.33 bits per heavy atom. The van der Waals surface area contributed by atoms with Gasteiger partial charge in [0.1, 0.15) is 11.6 Å².